The third kappa shape index (κ3) is 1.28. The molecule has 11 heavy (non-hydrogen) atoms. The first-order valence-corrected chi connectivity index (χ1v) is 4.94. The van der Waals surface area contributed by atoms with Crippen molar-refractivity contribution < 1.29 is 4.39 Å². The third-order valence-electron chi connectivity index (χ3n) is 2.11. The number of hydrogen-bond acceptors (Lipinski definition) is 0. The molecule has 0 heterocycles. The van der Waals surface area contributed by atoms with Crippen molar-refractivity contribution in [3.63, 3.8) is 0 Å². The number of rotatable bonds is 0. The van der Waals surface area contributed by atoms with Crippen LogP contribution in [0.2, 0.25) is 0 Å². The zero-order valence-corrected chi connectivity index (χ0v) is 8.14. The minimum atomic E-state index is -0.103. The molecule has 1 atom stereocenters. The maximum atomic E-state index is 12.7. The van der Waals surface area contributed by atoms with E-state index in [1.54, 1.807) is 12.1 Å². The quantitative estimate of drug-likeness (QED) is 0.497. The normalized spacial score (nSPS) is 21.8. The van der Waals surface area contributed by atoms with Crippen molar-refractivity contribution in [2.75, 3.05) is 0 Å². The topological polar surface area (TPSA) is 0 Å². The Bertz CT molecular complexity index is 283. The third-order valence-corrected chi connectivity index (χ3v) is 3.40. The van der Waals surface area contributed by atoms with E-state index >= 15 is 0 Å². The van der Waals surface area contributed by atoms with E-state index in [4.69, 9.17) is 0 Å². The van der Waals surface area contributed by atoms with Gasteiger partial charge in [-0.05, 0) is 36.1 Å². The molecule has 2 rings (SSSR count). The highest BCUT2D eigenvalue weighted by molar-refractivity contribution is 14.1. The molecule has 0 spiro atoms. The van der Waals surface area contributed by atoms with Crippen molar-refractivity contribution >= 4 is 22.6 Å². The number of fused-ring (bicyclic) bond motifs is 1. The molecule has 58 valence electrons. The van der Waals surface area contributed by atoms with Crippen molar-refractivity contribution in [3.05, 3.63) is 35.1 Å². The van der Waals surface area contributed by atoms with Crippen LogP contribution in [0.15, 0.2) is 18.2 Å². The van der Waals surface area contributed by atoms with Crippen LogP contribution >= 0.6 is 22.6 Å². The van der Waals surface area contributed by atoms with E-state index in [1.807, 2.05) is 6.07 Å². The maximum Gasteiger partial charge on any atom is 0.123 e. The molecule has 0 nitrogen and oxygen atoms in total. The largest absolute Gasteiger partial charge is 0.207 e. The summed E-state index contributed by atoms with van der Waals surface area (Å²) < 4.78 is 13.3. The summed E-state index contributed by atoms with van der Waals surface area (Å²) in [5, 5.41) is 0. The van der Waals surface area contributed by atoms with Crippen LogP contribution < -0.4 is 0 Å². The summed E-state index contributed by atoms with van der Waals surface area (Å²) in [6.45, 7) is 0. The van der Waals surface area contributed by atoms with Crippen molar-refractivity contribution in [2.45, 2.75) is 16.8 Å². The van der Waals surface area contributed by atoms with Crippen LogP contribution in [-0.2, 0) is 6.42 Å². The molecule has 0 amide bonds. The van der Waals surface area contributed by atoms with Crippen LogP contribution in [-0.4, -0.2) is 0 Å². The van der Waals surface area contributed by atoms with E-state index in [2.05, 4.69) is 22.6 Å². The van der Waals surface area contributed by atoms with Crippen LogP contribution in [0.3, 0.4) is 0 Å². The van der Waals surface area contributed by atoms with E-state index in [0.717, 1.165) is 6.42 Å². The van der Waals surface area contributed by atoms with E-state index in [1.165, 1.54) is 17.5 Å². The molecule has 0 bridgehead atoms. The van der Waals surface area contributed by atoms with Gasteiger partial charge >= 0.3 is 0 Å². The Labute approximate surface area is 78.9 Å². The Kier molecular flexibility index (Phi) is 1.87. The van der Waals surface area contributed by atoms with Gasteiger partial charge in [-0.1, -0.05) is 28.7 Å². The van der Waals surface area contributed by atoms with Gasteiger partial charge in [-0.3, -0.25) is 0 Å². The van der Waals surface area contributed by atoms with Gasteiger partial charge < -0.3 is 0 Å². The zero-order valence-electron chi connectivity index (χ0n) is 5.98. The lowest BCUT2D eigenvalue weighted by atomic mass is 10.1. The lowest BCUT2D eigenvalue weighted by molar-refractivity contribution is 0.626. The number of benzene rings is 1. The highest BCUT2D eigenvalue weighted by Crippen LogP contribution is 2.37. The van der Waals surface area contributed by atoms with E-state index < -0.39 is 0 Å². The average molecular weight is 262 g/mol. The Morgan fingerprint density at radius 1 is 1.45 bits per heavy atom. The zero-order chi connectivity index (χ0) is 7.84. The Morgan fingerprint density at radius 2 is 2.27 bits per heavy atom. The fraction of sp³-hybridized carbons (Fsp3) is 0.333. The van der Waals surface area contributed by atoms with Crippen molar-refractivity contribution in [2.24, 2.45) is 0 Å². The van der Waals surface area contributed by atoms with Gasteiger partial charge in [0.15, 0.2) is 0 Å². The smallest absolute Gasteiger partial charge is 0.123 e. The molecule has 1 aromatic rings. The lowest BCUT2D eigenvalue weighted by Crippen LogP contribution is -1.84. The van der Waals surface area contributed by atoms with E-state index in [0.29, 0.717) is 3.92 Å². The van der Waals surface area contributed by atoms with Gasteiger partial charge in [0.25, 0.3) is 0 Å². The van der Waals surface area contributed by atoms with Gasteiger partial charge in [-0.25, -0.2) is 4.39 Å². The maximum absolute atomic E-state index is 12.7. The highest BCUT2D eigenvalue weighted by Gasteiger charge is 2.19. The van der Waals surface area contributed by atoms with Gasteiger partial charge in [-0.15, -0.1) is 0 Å². The van der Waals surface area contributed by atoms with E-state index in [-0.39, 0.29) is 5.82 Å². The highest BCUT2D eigenvalue weighted by atomic mass is 127. The number of halogens is 2. The minimum Gasteiger partial charge on any atom is -0.207 e. The summed E-state index contributed by atoms with van der Waals surface area (Å²) in [4.78, 5) is 0. The van der Waals surface area contributed by atoms with Crippen molar-refractivity contribution in [1.29, 1.82) is 0 Å². The van der Waals surface area contributed by atoms with Crippen LogP contribution in [0, 0.1) is 5.82 Å². The molecular weight excluding hydrogens is 254 g/mol. The Morgan fingerprint density at radius 3 is 3.09 bits per heavy atom. The molecule has 0 radical (unpaired) electrons. The van der Waals surface area contributed by atoms with E-state index in [9.17, 15) is 4.39 Å². The molecule has 0 N–H and O–H groups in total. The number of aryl methyl sites for hydroxylation is 1. The monoisotopic (exact) mass is 262 g/mol. The van der Waals surface area contributed by atoms with Crippen molar-refractivity contribution in [3.8, 4) is 0 Å². The lowest BCUT2D eigenvalue weighted by Gasteiger charge is -2.00. The molecule has 1 aliphatic carbocycles. The van der Waals surface area contributed by atoms with Gasteiger partial charge in [0.2, 0.25) is 0 Å². The predicted octanol–water partition coefficient (Wildman–Crippen LogP) is 3.25. The van der Waals surface area contributed by atoms with Crippen LogP contribution in [0.25, 0.3) is 0 Å². The fourth-order valence-electron chi connectivity index (χ4n) is 1.53. The first-order chi connectivity index (χ1) is 5.27. The molecule has 0 aromatic heterocycles. The minimum absolute atomic E-state index is 0.103. The van der Waals surface area contributed by atoms with Crippen LogP contribution in [0.4, 0.5) is 4.39 Å². The summed E-state index contributed by atoms with van der Waals surface area (Å²) in [5.41, 5.74) is 2.52. The molecule has 1 aromatic carbocycles. The molecule has 1 aliphatic rings. The molecule has 0 saturated heterocycles. The average Bonchev–Trinajstić information content (AvgIpc) is 2.32. The molecule has 2 heteroatoms. The molecule has 1 unspecified atom stereocenters. The predicted molar refractivity (Wildman–Crippen MR) is 51.5 cm³/mol. The summed E-state index contributed by atoms with van der Waals surface area (Å²) in [7, 11) is 0. The summed E-state index contributed by atoms with van der Waals surface area (Å²) in [6.07, 6.45) is 2.21. The standard InChI is InChI=1S/C9H8FI/c10-7-2-3-8-6(5-7)1-4-9(8)11/h2-3,5,9H,1,4H2. The Balaban J connectivity index is 2.50. The van der Waals surface area contributed by atoms with Crippen LogP contribution in [0.5, 0.6) is 0 Å². The second-order valence-electron chi connectivity index (χ2n) is 2.85. The second kappa shape index (κ2) is 2.73. The fourth-order valence-corrected chi connectivity index (χ4v) is 2.45. The van der Waals surface area contributed by atoms with Gasteiger partial charge in [0.05, 0.1) is 0 Å². The number of alkyl halides is 1. The summed E-state index contributed by atoms with van der Waals surface area (Å²) >= 11 is 2.41. The molecule has 0 saturated carbocycles. The molecular formula is C9H8FI. The SMILES string of the molecule is Fc1ccc2c(c1)CCC2I. The Hall–Kier alpha value is -0.120. The number of hydrogen-bond donors (Lipinski definition) is 0. The molecule has 0 aliphatic heterocycles. The van der Waals surface area contributed by atoms with Crippen molar-refractivity contribution in [1.82, 2.24) is 0 Å². The molecule has 0 fully saturated rings. The summed E-state index contributed by atoms with van der Waals surface area (Å²) in [6, 6.07) is 5.12. The first-order valence-electron chi connectivity index (χ1n) is 3.70. The van der Waals surface area contributed by atoms with Gasteiger partial charge in [-0.2, -0.15) is 0 Å². The van der Waals surface area contributed by atoms with Gasteiger partial charge in [0, 0.05) is 3.92 Å². The van der Waals surface area contributed by atoms with Crippen LogP contribution in [0.1, 0.15) is 21.5 Å². The summed E-state index contributed by atoms with van der Waals surface area (Å²) in [5.74, 6) is -0.103. The second-order valence-corrected chi connectivity index (χ2v) is 4.35. The van der Waals surface area contributed by atoms with Gasteiger partial charge in [0.1, 0.15) is 5.82 Å². The first kappa shape index (κ1) is 7.53.